The van der Waals surface area contributed by atoms with Crippen LogP contribution in [-0.2, 0) is 33.3 Å². The van der Waals surface area contributed by atoms with Gasteiger partial charge in [0.25, 0.3) is 6.29 Å². The molecule has 0 heterocycles. The molecule has 1 N–H and O–H groups in total. The molecule has 0 saturated carbocycles. The predicted molar refractivity (Wildman–Crippen MR) is 346 cm³/mol. The van der Waals surface area contributed by atoms with E-state index in [-0.39, 0.29) is 32.2 Å². The van der Waals surface area contributed by atoms with Crippen LogP contribution in [-0.4, -0.2) is 87.4 Å². The average Bonchev–Trinajstić information content (AvgIpc) is 3.44. The largest absolute Gasteiger partial charge is 0.477 e. The van der Waals surface area contributed by atoms with Gasteiger partial charge in [-0.2, -0.15) is 0 Å². The Hall–Kier alpha value is -2.23. The Bertz CT molecular complexity index is 1380. The van der Waals surface area contributed by atoms with Crippen LogP contribution in [0.4, 0.5) is 0 Å². The van der Waals surface area contributed by atoms with Crippen LogP contribution in [0.1, 0.15) is 361 Å². The lowest BCUT2D eigenvalue weighted by atomic mass is 10.0. The number of carbonyl (C=O) groups excluding carboxylic acids is 2. The van der Waals surface area contributed by atoms with Gasteiger partial charge in [-0.1, -0.05) is 327 Å². The molecular formula is C72H138NO8+. The number of carbonyl (C=O) groups is 3. The summed E-state index contributed by atoms with van der Waals surface area (Å²) in [5.74, 6) is -2.00. The Morgan fingerprint density at radius 2 is 0.667 bits per heavy atom. The molecule has 0 aromatic heterocycles. The van der Waals surface area contributed by atoms with E-state index in [2.05, 4.69) is 38.2 Å². The molecule has 2 atom stereocenters. The quantitative estimate of drug-likeness (QED) is 0.0211. The van der Waals surface area contributed by atoms with E-state index in [0.717, 1.165) is 57.8 Å². The minimum absolute atomic E-state index is 0.183. The number of carboxylic acid groups (broad SMARTS) is 1. The highest BCUT2D eigenvalue weighted by Crippen LogP contribution is 2.19. The highest BCUT2D eigenvalue weighted by Gasteiger charge is 2.25. The molecule has 0 spiro atoms. The number of unbranched alkanes of at least 4 members (excludes halogenated alkanes) is 48. The van der Waals surface area contributed by atoms with Crippen LogP contribution in [0, 0.1) is 0 Å². The van der Waals surface area contributed by atoms with E-state index in [0.29, 0.717) is 23.9 Å². The molecule has 0 radical (unpaired) electrons. The van der Waals surface area contributed by atoms with Gasteiger partial charge in [0.15, 0.2) is 6.10 Å². The fraction of sp³-hybridized carbons (Fsp3) is 0.903. The first kappa shape index (κ1) is 78.8. The molecule has 0 fully saturated rings. The van der Waals surface area contributed by atoms with Crippen LogP contribution >= 0.6 is 0 Å². The van der Waals surface area contributed by atoms with Crippen molar-refractivity contribution in [2.24, 2.45) is 0 Å². The van der Waals surface area contributed by atoms with Gasteiger partial charge >= 0.3 is 17.9 Å². The molecule has 0 aromatic rings. The Balaban J connectivity index is 3.85. The molecule has 81 heavy (non-hydrogen) atoms. The third kappa shape index (κ3) is 65.2. The van der Waals surface area contributed by atoms with E-state index in [1.54, 1.807) is 0 Å². The number of quaternary nitrogens is 1. The molecule has 478 valence electrons. The summed E-state index contributed by atoms with van der Waals surface area (Å²) >= 11 is 0. The second kappa shape index (κ2) is 63.8. The van der Waals surface area contributed by atoms with Crippen molar-refractivity contribution >= 4 is 17.9 Å². The minimum Gasteiger partial charge on any atom is -0.477 e. The number of rotatable bonds is 67. The molecule has 0 aliphatic heterocycles. The fourth-order valence-corrected chi connectivity index (χ4v) is 10.8. The number of ether oxygens (including phenoxy) is 4. The lowest BCUT2D eigenvalue weighted by molar-refractivity contribution is -0.870. The molecule has 9 nitrogen and oxygen atoms in total. The molecule has 9 heteroatoms. The third-order valence-corrected chi connectivity index (χ3v) is 16.2. The summed E-state index contributed by atoms with van der Waals surface area (Å²) in [6.07, 6.45) is 76.2. The van der Waals surface area contributed by atoms with Crippen molar-refractivity contribution < 1.29 is 42.9 Å². The highest BCUT2D eigenvalue weighted by atomic mass is 16.7. The van der Waals surface area contributed by atoms with Crippen molar-refractivity contribution in [2.75, 3.05) is 47.5 Å². The summed E-state index contributed by atoms with van der Waals surface area (Å²) in [7, 11) is 5.98. The monoisotopic (exact) mass is 1150 g/mol. The molecular weight excluding hydrogens is 1010 g/mol. The summed E-state index contributed by atoms with van der Waals surface area (Å²) in [6, 6.07) is 0. The lowest BCUT2D eigenvalue weighted by Crippen LogP contribution is -2.40. The van der Waals surface area contributed by atoms with E-state index >= 15 is 0 Å². The number of esters is 2. The summed E-state index contributed by atoms with van der Waals surface area (Å²) in [5, 5.41) is 9.71. The molecule has 0 aliphatic carbocycles. The third-order valence-electron chi connectivity index (χ3n) is 16.2. The van der Waals surface area contributed by atoms with Crippen molar-refractivity contribution in [3.63, 3.8) is 0 Å². The Kier molecular flexibility index (Phi) is 62.0. The molecule has 0 rings (SSSR count). The standard InChI is InChI=1S/C72H137NO8/c1-6-8-10-12-14-16-18-20-22-23-24-25-26-27-28-29-30-31-32-33-34-35-36-37-38-39-40-41-42-43-44-45-46-47-49-50-52-54-56-58-60-62-69(74)79-66-68(67-80-72(71(76)77)78-65-64-73(3,4)5)81-70(75)63-61-59-57-55-53-51-48-21-19-17-15-13-11-9-7-2/h15,17,21,48,68,72H,6-14,16,18-20,22-47,49-67H2,1-5H3/p+1/b17-15-,48-21-. The van der Waals surface area contributed by atoms with E-state index < -0.39 is 24.3 Å². The minimum atomic E-state index is -1.51. The van der Waals surface area contributed by atoms with Crippen molar-refractivity contribution in [2.45, 2.75) is 373 Å². The first-order chi connectivity index (χ1) is 39.6. The van der Waals surface area contributed by atoms with Crippen LogP contribution in [0.15, 0.2) is 24.3 Å². The number of carboxylic acids is 1. The van der Waals surface area contributed by atoms with Crippen molar-refractivity contribution in [1.82, 2.24) is 0 Å². The number of hydrogen-bond acceptors (Lipinski definition) is 7. The molecule has 0 saturated heterocycles. The topological polar surface area (TPSA) is 108 Å². The van der Waals surface area contributed by atoms with E-state index in [9.17, 15) is 19.5 Å². The molecule has 0 aliphatic rings. The van der Waals surface area contributed by atoms with Crippen LogP contribution in [0.3, 0.4) is 0 Å². The zero-order valence-electron chi connectivity index (χ0n) is 54.7. The molecule has 0 bridgehead atoms. The molecule has 0 amide bonds. The van der Waals surface area contributed by atoms with Gasteiger partial charge in [0.1, 0.15) is 13.2 Å². The van der Waals surface area contributed by atoms with Crippen molar-refractivity contribution in [3.05, 3.63) is 24.3 Å². The second-order valence-corrected chi connectivity index (χ2v) is 25.6. The number of nitrogens with zero attached hydrogens (tertiary/aromatic N) is 1. The van der Waals surface area contributed by atoms with E-state index in [1.165, 1.54) is 270 Å². The van der Waals surface area contributed by atoms with Crippen LogP contribution in [0.2, 0.25) is 0 Å². The zero-order valence-corrected chi connectivity index (χ0v) is 54.7. The van der Waals surface area contributed by atoms with Crippen molar-refractivity contribution in [1.29, 1.82) is 0 Å². The molecule has 2 unspecified atom stereocenters. The van der Waals surface area contributed by atoms with Crippen LogP contribution in [0.5, 0.6) is 0 Å². The summed E-state index contributed by atoms with van der Waals surface area (Å²) < 4.78 is 22.9. The van der Waals surface area contributed by atoms with Crippen LogP contribution in [0.25, 0.3) is 0 Å². The number of likely N-dealkylation sites (N-methyl/N-ethyl adjacent to an activating group) is 1. The van der Waals surface area contributed by atoms with Gasteiger partial charge < -0.3 is 28.5 Å². The predicted octanol–water partition coefficient (Wildman–Crippen LogP) is 21.8. The summed E-state index contributed by atoms with van der Waals surface area (Å²) in [5.41, 5.74) is 0. The molecule has 0 aromatic carbocycles. The van der Waals surface area contributed by atoms with Gasteiger partial charge in [0, 0.05) is 12.8 Å². The smallest absolute Gasteiger partial charge is 0.361 e. The first-order valence-corrected chi connectivity index (χ1v) is 35.5. The number of hydrogen-bond donors (Lipinski definition) is 1. The fourth-order valence-electron chi connectivity index (χ4n) is 10.8. The Morgan fingerprint density at radius 1 is 0.370 bits per heavy atom. The average molecular weight is 1150 g/mol. The van der Waals surface area contributed by atoms with Gasteiger partial charge in [-0.15, -0.1) is 0 Å². The number of aliphatic carboxylic acids is 1. The lowest BCUT2D eigenvalue weighted by Gasteiger charge is -2.25. The zero-order chi connectivity index (χ0) is 59.1. The maximum absolute atomic E-state index is 12.9. The number of allylic oxidation sites excluding steroid dienone is 4. The SMILES string of the molecule is CCCCC/C=C\C/C=C\CCCCCCCC(=O)OC(COC(=O)CCCCCCCCCCCCCCCCCCCCCCCCCCCCCCCCCCCCCCCCCCC)COC(OCC[N+](C)(C)C)C(=O)O. The van der Waals surface area contributed by atoms with Gasteiger partial charge in [0.05, 0.1) is 34.4 Å². The first-order valence-electron chi connectivity index (χ1n) is 35.5. The van der Waals surface area contributed by atoms with E-state index in [1.807, 2.05) is 21.1 Å². The summed E-state index contributed by atoms with van der Waals surface area (Å²) in [4.78, 5) is 37.5. The van der Waals surface area contributed by atoms with Gasteiger partial charge in [-0.05, 0) is 44.9 Å². The maximum Gasteiger partial charge on any atom is 0.361 e. The highest BCUT2D eigenvalue weighted by molar-refractivity contribution is 5.71. The van der Waals surface area contributed by atoms with Gasteiger partial charge in [-0.3, -0.25) is 9.59 Å². The Morgan fingerprint density at radius 3 is 1.00 bits per heavy atom. The van der Waals surface area contributed by atoms with Gasteiger partial charge in [0.2, 0.25) is 0 Å². The Labute approximate surface area is 503 Å². The maximum atomic E-state index is 12.9. The normalized spacial score (nSPS) is 12.8. The van der Waals surface area contributed by atoms with Gasteiger partial charge in [-0.25, -0.2) is 4.79 Å². The van der Waals surface area contributed by atoms with Crippen LogP contribution < -0.4 is 0 Å². The van der Waals surface area contributed by atoms with E-state index in [4.69, 9.17) is 18.9 Å². The second-order valence-electron chi connectivity index (χ2n) is 25.6. The van der Waals surface area contributed by atoms with Crippen molar-refractivity contribution in [3.8, 4) is 0 Å². The summed E-state index contributed by atoms with van der Waals surface area (Å²) in [6.45, 7) is 4.89.